The van der Waals surface area contributed by atoms with Crippen LogP contribution >= 0.6 is 0 Å². The average molecular weight is 226 g/mol. The summed E-state index contributed by atoms with van der Waals surface area (Å²) in [6, 6.07) is 8.06. The van der Waals surface area contributed by atoms with Crippen LogP contribution in [0.5, 0.6) is 0 Å². The molecule has 1 heteroatoms. The molecular weight excluding hydrogens is 208 g/mol. The second-order valence-electron chi connectivity index (χ2n) is 4.85. The minimum atomic E-state index is -0.280. The van der Waals surface area contributed by atoms with Crippen molar-refractivity contribution >= 4 is 5.78 Å². The van der Waals surface area contributed by atoms with Crippen LogP contribution in [0.3, 0.4) is 0 Å². The fraction of sp³-hybridized carbons (Fsp3) is 0.438. The molecule has 17 heavy (non-hydrogen) atoms. The number of rotatable bonds is 2. The molecule has 0 N–H and O–H groups in total. The molecule has 1 aromatic carbocycles. The summed E-state index contributed by atoms with van der Waals surface area (Å²) in [6.07, 6.45) is 3.66. The molecule has 1 saturated carbocycles. The van der Waals surface area contributed by atoms with E-state index in [9.17, 15) is 4.79 Å². The molecule has 0 aromatic heterocycles. The highest BCUT2D eigenvalue weighted by Gasteiger charge is 2.43. The Hall–Kier alpha value is -1.55. The van der Waals surface area contributed by atoms with Gasteiger partial charge in [-0.15, -0.1) is 0 Å². The van der Waals surface area contributed by atoms with Gasteiger partial charge in [0.15, 0.2) is 0 Å². The molecule has 0 aliphatic heterocycles. The summed E-state index contributed by atoms with van der Waals surface area (Å²) in [4.78, 5) is 11.8. The second kappa shape index (κ2) is 4.75. The molecule has 1 aliphatic carbocycles. The van der Waals surface area contributed by atoms with Crippen LogP contribution in [-0.4, -0.2) is 5.78 Å². The van der Waals surface area contributed by atoms with E-state index in [4.69, 9.17) is 0 Å². The molecule has 0 amide bonds. The van der Waals surface area contributed by atoms with Gasteiger partial charge in [0.1, 0.15) is 5.78 Å². The van der Waals surface area contributed by atoms with E-state index in [2.05, 4.69) is 18.8 Å². The molecule has 0 bridgehead atoms. The van der Waals surface area contributed by atoms with E-state index in [1.807, 2.05) is 31.2 Å². The lowest BCUT2D eigenvalue weighted by atomic mass is 9.64. The Bertz CT molecular complexity index is 490. The topological polar surface area (TPSA) is 17.1 Å². The van der Waals surface area contributed by atoms with E-state index in [1.54, 1.807) is 0 Å². The van der Waals surface area contributed by atoms with Crippen LogP contribution in [0.4, 0.5) is 0 Å². The molecule has 0 spiro atoms. The SMILES string of the molecule is CCCC#Cc1ccccc1C1(C)CCC1=O. The maximum atomic E-state index is 11.8. The Morgan fingerprint density at radius 3 is 2.71 bits per heavy atom. The quantitative estimate of drug-likeness (QED) is 0.706. The number of ketones is 1. The zero-order chi connectivity index (χ0) is 12.3. The normalized spacial score (nSPS) is 22.6. The number of hydrogen-bond acceptors (Lipinski definition) is 1. The van der Waals surface area contributed by atoms with Gasteiger partial charge in [-0.1, -0.05) is 37.0 Å². The summed E-state index contributed by atoms with van der Waals surface area (Å²) in [5, 5.41) is 0. The van der Waals surface area contributed by atoms with Crippen molar-refractivity contribution in [3.8, 4) is 11.8 Å². The van der Waals surface area contributed by atoms with Crippen molar-refractivity contribution in [2.45, 2.75) is 44.9 Å². The molecule has 0 heterocycles. The highest BCUT2D eigenvalue weighted by Crippen LogP contribution is 2.41. The lowest BCUT2D eigenvalue weighted by molar-refractivity contribution is -0.130. The van der Waals surface area contributed by atoms with E-state index in [-0.39, 0.29) is 5.41 Å². The van der Waals surface area contributed by atoms with E-state index in [0.717, 1.165) is 30.4 Å². The minimum absolute atomic E-state index is 0.280. The number of carbonyl (C=O) groups is 1. The van der Waals surface area contributed by atoms with Gasteiger partial charge in [0.2, 0.25) is 0 Å². The first-order valence-corrected chi connectivity index (χ1v) is 6.30. The van der Waals surface area contributed by atoms with Crippen LogP contribution in [0.2, 0.25) is 0 Å². The fourth-order valence-electron chi connectivity index (χ4n) is 2.24. The summed E-state index contributed by atoms with van der Waals surface area (Å²) in [7, 11) is 0. The molecule has 1 aliphatic rings. The van der Waals surface area contributed by atoms with E-state index in [1.165, 1.54) is 0 Å². The van der Waals surface area contributed by atoms with E-state index < -0.39 is 0 Å². The third-order valence-electron chi connectivity index (χ3n) is 3.59. The zero-order valence-electron chi connectivity index (χ0n) is 10.5. The van der Waals surface area contributed by atoms with Crippen molar-refractivity contribution in [3.05, 3.63) is 35.4 Å². The molecule has 0 radical (unpaired) electrons. The Balaban J connectivity index is 2.35. The number of carbonyl (C=O) groups excluding carboxylic acids is 1. The van der Waals surface area contributed by atoms with E-state index in [0.29, 0.717) is 12.2 Å². The summed E-state index contributed by atoms with van der Waals surface area (Å²) in [5.74, 6) is 6.72. The molecule has 2 rings (SSSR count). The van der Waals surface area contributed by atoms with Crippen molar-refractivity contribution in [3.63, 3.8) is 0 Å². The summed E-state index contributed by atoms with van der Waals surface area (Å²) in [6.45, 7) is 4.16. The van der Waals surface area contributed by atoms with Crippen LogP contribution in [0.1, 0.15) is 50.7 Å². The number of Topliss-reactive ketones (excluding diaryl/α,β-unsaturated/α-hetero) is 1. The first-order valence-electron chi connectivity index (χ1n) is 6.30. The van der Waals surface area contributed by atoms with Crippen molar-refractivity contribution in [1.29, 1.82) is 0 Å². The molecule has 1 unspecified atom stereocenters. The van der Waals surface area contributed by atoms with Crippen LogP contribution in [0.25, 0.3) is 0 Å². The predicted octanol–water partition coefficient (Wildman–Crippen LogP) is 3.46. The Morgan fingerprint density at radius 1 is 1.35 bits per heavy atom. The van der Waals surface area contributed by atoms with Gasteiger partial charge < -0.3 is 0 Å². The van der Waals surface area contributed by atoms with Crippen molar-refractivity contribution < 1.29 is 4.79 Å². The lowest BCUT2D eigenvalue weighted by Crippen LogP contribution is -2.42. The Kier molecular flexibility index (Phi) is 3.33. The van der Waals surface area contributed by atoms with Gasteiger partial charge in [-0.25, -0.2) is 0 Å². The van der Waals surface area contributed by atoms with Gasteiger partial charge >= 0.3 is 0 Å². The zero-order valence-corrected chi connectivity index (χ0v) is 10.5. The van der Waals surface area contributed by atoms with Gasteiger partial charge in [0.25, 0.3) is 0 Å². The molecule has 1 atom stereocenters. The minimum Gasteiger partial charge on any atom is -0.299 e. The Labute approximate surface area is 103 Å². The van der Waals surface area contributed by atoms with Gasteiger partial charge in [-0.05, 0) is 31.4 Å². The molecule has 1 fully saturated rings. The number of hydrogen-bond donors (Lipinski definition) is 0. The first-order chi connectivity index (χ1) is 8.18. The van der Waals surface area contributed by atoms with Gasteiger partial charge in [0.05, 0.1) is 5.41 Å². The molecule has 1 nitrogen and oxygen atoms in total. The van der Waals surface area contributed by atoms with Crippen molar-refractivity contribution in [2.24, 2.45) is 0 Å². The van der Waals surface area contributed by atoms with Crippen molar-refractivity contribution in [1.82, 2.24) is 0 Å². The van der Waals surface area contributed by atoms with Gasteiger partial charge in [-0.2, -0.15) is 0 Å². The molecule has 88 valence electrons. The maximum absolute atomic E-state index is 11.8. The fourth-order valence-corrected chi connectivity index (χ4v) is 2.24. The first kappa shape index (κ1) is 11.9. The van der Waals surface area contributed by atoms with E-state index >= 15 is 0 Å². The summed E-state index contributed by atoms with van der Waals surface area (Å²) in [5.41, 5.74) is 1.86. The van der Waals surface area contributed by atoms with Crippen LogP contribution in [0, 0.1) is 11.8 Å². The monoisotopic (exact) mass is 226 g/mol. The van der Waals surface area contributed by atoms with Crippen molar-refractivity contribution in [2.75, 3.05) is 0 Å². The second-order valence-corrected chi connectivity index (χ2v) is 4.85. The largest absolute Gasteiger partial charge is 0.299 e. The lowest BCUT2D eigenvalue weighted by Gasteiger charge is -2.37. The van der Waals surface area contributed by atoms with Crippen LogP contribution < -0.4 is 0 Å². The highest BCUT2D eigenvalue weighted by molar-refractivity contribution is 5.95. The smallest absolute Gasteiger partial charge is 0.143 e. The summed E-state index contributed by atoms with van der Waals surface area (Å²) < 4.78 is 0. The third-order valence-corrected chi connectivity index (χ3v) is 3.59. The third kappa shape index (κ3) is 2.13. The molecule has 0 saturated heterocycles. The van der Waals surface area contributed by atoms with Crippen LogP contribution in [0.15, 0.2) is 24.3 Å². The number of benzene rings is 1. The average Bonchev–Trinajstić information content (AvgIpc) is 2.37. The standard InChI is InChI=1S/C16H18O/c1-3-4-5-8-13-9-6-7-10-14(13)16(2)12-11-15(16)17/h6-7,9-10H,3-4,11-12H2,1-2H3. The molecular formula is C16H18O. The molecule has 1 aromatic rings. The number of unbranched alkanes of at least 4 members (excludes halogenated alkanes) is 1. The van der Waals surface area contributed by atoms with Gasteiger partial charge in [-0.3, -0.25) is 4.79 Å². The summed E-state index contributed by atoms with van der Waals surface area (Å²) >= 11 is 0. The van der Waals surface area contributed by atoms with Gasteiger partial charge in [0, 0.05) is 18.4 Å². The predicted molar refractivity (Wildman–Crippen MR) is 69.8 cm³/mol. The maximum Gasteiger partial charge on any atom is 0.143 e. The van der Waals surface area contributed by atoms with Crippen LogP contribution in [-0.2, 0) is 10.2 Å². The highest BCUT2D eigenvalue weighted by atomic mass is 16.1. The Morgan fingerprint density at radius 2 is 2.12 bits per heavy atom.